The van der Waals surface area contributed by atoms with Crippen LogP contribution in [0.2, 0.25) is 0 Å². The molecule has 256 valence electrons. The molecule has 0 spiro atoms. The largest absolute Gasteiger partial charge is 0.493 e. The highest BCUT2D eigenvalue weighted by Gasteiger charge is 2.23. The van der Waals surface area contributed by atoms with Crippen molar-refractivity contribution in [2.75, 3.05) is 84.5 Å². The van der Waals surface area contributed by atoms with Crippen molar-refractivity contribution in [1.82, 2.24) is 29.9 Å². The van der Waals surface area contributed by atoms with E-state index in [0.29, 0.717) is 29.3 Å². The van der Waals surface area contributed by atoms with Gasteiger partial charge in [-0.25, -0.2) is 5.43 Å². The molecule has 0 radical (unpaired) electrons. The van der Waals surface area contributed by atoms with E-state index in [1.807, 2.05) is 18.2 Å². The Morgan fingerprint density at radius 2 is 1.00 bits per heavy atom. The van der Waals surface area contributed by atoms with Gasteiger partial charge < -0.3 is 29.1 Å². The fourth-order valence-electron chi connectivity index (χ4n) is 6.84. The maximum atomic E-state index is 6.30. The number of hydrogen-bond donors (Lipinski definition) is 1. The van der Waals surface area contributed by atoms with Gasteiger partial charge in [0.05, 0.1) is 13.3 Å². The SMILES string of the molecule is COc1cc(C=NNc2nc(N3CCCCC3)nc(N3CCCCC3)n2)ccc1Oc1nc(N2CCCCC2)nc(N2CCCCC2)n1. The van der Waals surface area contributed by atoms with E-state index in [9.17, 15) is 0 Å². The molecule has 48 heavy (non-hydrogen) atoms. The number of anilines is 5. The van der Waals surface area contributed by atoms with E-state index in [1.165, 1.54) is 25.7 Å². The molecule has 1 aromatic carbocycles. The second-order valence-corrected chi connectivity index (χ2v) is 13.1. The Kier molecular flexibility index (Phi) is 10.4. The Bertz CT molecular complexity index is 1460. The number of hydrazone groups is 1. The zero-order valence-corrected chi connectivity index (χ0v) is 28.2. The summed E-state index contributed by atoms with van der Waals surface area (Å²) in [7, 11) is 1.63. The monoisotopic (exact) mass is 656 g/mol. The molecule has 14 heteroatoms. The third-order valence-electron chi connectivity index (χ3n) is 9.53. The topological polar surface area (TPSA) is 133 Å². The normalized spacial score (nSPS) is 19.1. The van der Waals surface area contributed by atoms with Crippen molar-refractivity contribution in [2.24, 2.45) is 5.10 Å². The van der Waals surface area contributed by atoms with Crippen LogP contribution in [0.5, 0.6) is 17.5 Å². The molecule has 4 aliphatic rings. The first-order chi connectivity index (χ1) is 23.7. The van der Waals surface area contributed by atoms with Gasteiger partial charge in [0.15, 0.2) is 11.5 Å². The van der Waals surface area contributed by atoms with Crippen LogP contribution >= 0.6 is 0 Å². The van der Waals surface area contributed by atoms with Crippen molar-refractivity contribution >= 4 is 36.0 Å². The Hall–Kier alpha value is -4.49. The molecule has 0 aliphatic carbocycles. The van der Waals surface area contributed by atoms with Gasteiger partial charge in [0.1, 0.15) is 0 Å². The summed E-state index contributed by atoms with van der Waals surface area (Å²) < 4.78 is 12.0. The summed E-state index contributed by atoms with van der Waals surface area (Å²) >= 11 is 0. The minimum Gasteiger partial charge on any atom is -0.493 e. The van der Waals surface area contributed by atoms with E-state index in [1.54, 1.807) is 13.3 Å². The molecule has 3 aromatic rings. The van der Waals surface area contributed by atoms with E-state index in [-0.39, 0.29) is 6.01 Å². The molecule has 0 saturated carbocycles. The van der Waals surface area contributed by atoms with Crippen molar-refractivity contribution in [3.05, 3.63) is 23.8 Å². The van der Waals surface area contributed by atoms with E-state index in [4.69, 9.17) is 39.4 Å². The number of methoxy groups -OCH3 is 1. The van der Waals surface area contributed by atoms with Crippen LogP contribution in [-0.4, -0.2) is 95.6 Å². The first-order valence-electron chi connectivity index (χ1n) is 17.9. The van der Waals surface area contributed by atoms with E-state index in [0.717, 1.165) is 121 Å². The number of ether oxygens (including phenoxy) is 2. The number of nitrogens with one attached hydrogen (secondary N) is 1. The summed E-state index contributed by atoms with van der Waals surface area (Å²) in [6.45, 7) is 7.62. The molecule has 0 atom stereocenters. The zero-order valence-electron chi connectivity index (χ0n) is 28.2. The predicted octanol–water partition coefficient (Wildman–Crippen LogP) is 5.26. The van der Waals surface area contributed by atoms with Gasteiger partial charge in [-0.1, -0.05) is 0 Å². The van der Waals surface area contributed by atoms with Crippen LogP contribution in [0, 0.1) is 0 Å². The lowest BCUT2D eigenvalue weighted by atomic mass is 10.1. The Labute approximate surface area is 283 Å². The summed E-state index contributed by atoms with van der Waals surface area (Å²) in [5.41, 5.74) is 3.89. The van der Waals surface area contributed by atoms with Gasteiger partial charge in [0.2, 0.25) is 29.7 Å². The fourth-order valence-corrected chi connectivity index (χ4v) is 6.84. The number of benzene rings is 1. The Balaban J connectivity index is 1.08. The molecule has 14 nitrogen and oxygen atoms in total. The molecular formula is C34H48N12O2. The van der Waals surface area contributed by atoms with Gasteiger partial charge >= 0.3 is 6.01 Å². The molecule has 4 aliphatic heterocycles. The van der Waals surface area contributed by atoms with Gasteiger partial charge in [-0.05, 0) is 101 Å². The Morgan fingerprint density at radius 3 is 1.44 bits per heavy atom. The Morgan fingerprint density at radius 1 is 0.562 bits per heavy atom. The van der Waals surface area contributed by atoms with Gasteiger partial charge in [0.25, 0.3) is 0 Å². The van der Waals surface area contributed by atoms with Gasteiger partial charge in [0, 0.05) is 52.4 Å². The zero-order chi connectivity index (χ0) is 32.5. The molecule has 6 heterocycles. The standard InChI is InChI=1S/C34H48N12O2/c1-47-28-24-26(25-35-42-29-36-30(43-16-6-2-7-17-43)38-31(37-29)44-18-8-3-9-19-44)14-15-27(28)48-34-40-32(45-20-10-4-11-21-45)39-33(41-34)46-22-12-5-13-23-46/h14-15,24-25H,2-13,16-23H2,1H3,(H,36,37,38,42). The van der Waals surface area contributed by atoms with Crippen molar-refractivity contribution in [3.8, 4) is 17.5 Å². The minimum atomic E-state index is 0.274. The molecule has 0 bridgehead atoms. The van der Waals surface area contributed by atoms with Crippen LogP contribution in [0.3, 0.4) is 0 Å². The summed E-state index contributed by atoms with van der Waals surface area (Å²) in [5.74, 6) is 4.32. The average Bonchev–Trinajstić information content (AvgIpc) is 3.16. The summed E-state index contributed by atoms with van der Waals surface area (Å²) in [6.07, 6.45) is 15.9. The molecule has 0 unspecified atom stereocenters. The van der Waals surface area contributed by atoms with Gasteiger partial charge in [-0.15, -0.1) is 0 Å². The lowest BCUT2D eigenvalue weighted by Gasteiger charge is -2.30. The minimum absolute atomic E-state index is 0.274. The maximum Gasteiger partial charge on any atom is 0.328 e. The lowest BCUT2D eigenvalue weighted by molar-refractivity contribution is 0.367. The maximum absolute atomic E-state index is 6.30. The average molecular weight is 657 g/mol. The predicted molar refractivity (Wildman–Crippen MR) is 188 cm³/mol. The summed E-state index contributed by atoms with van der Waals surface area (Å²) in [5, 5.41) is 4.49. The number of piperidine rings is 4. The third-order valence-corrected chi connectivity index (χ3v) is 9.53. The second-order valence-electron chi connectivity index (χ2n) is 13.1. The molecule has 7 rings (SSSR count). The van der Waals surface area contributed by atoms with Crippen molar-refractivity contribution in [2.45, 2.75) is 77.0 Å². The third kappa shape index (κ3) is 7.96. The number of aromatic nitrogens is 6. The van der Waals surface area contributed by atoms with Crippen LogP contribution in [0.15, 0.2) is 23.3 Å². The highest BCUT2D eigenvalue weighted by Crippen LogP contribution is 2.33. The highest BCUT2D eigenvalue weighted by atomic mass is 16.5. The van der Waals surface area contributed by atoms with E-state index in [2.05, 4.69) is 30.1 Å². The summed E-state index contributed by atoms with van der Waals surface area (Å²) in [4.78, 5) is 37.7. The lowest BCUT2D eigenvalue weighted by Crippen LogP contribution is -2.34. The highest BCUT2D eigenvalue weighted by molar-refractivity contribution is 5.81. The quantitative estimate of drug-likeness (QED) is 0.225. The van der Waals surface area contributed by atoms with Crippen molar-refractivity contribution in [1.29, 1.82) is 0 Å². The molecular weight excluding hydrogens is 608 g/mol. The van der Waals surface area contributed by atoms with Gasteiger partial charge in [-0.2, -0.15) is 35.0 Å². The number of rotatable bonds is 10. The van der Waals surface area contributed by atoms with Crippen LogP contribution < -0.4 is 34.5 Å². The first kappa shape index (κ1) is 32.1. The van der Waals surface area contributed by atoms with Gasteiger partial charge in [-0.3, -0.25) is 0 Å². The second kappa shape index (κ2) is 15.6. The fraction of sp³-hybridized carbons (Fsp3) is 0.618. The number of nitrogens with zero attached hydrogens (tertiary/aromatic N) is 11. The molecule has 2 aromatic heterocycles. The number of hydrogen-bond acceptors (Lipinski definition) is 14. The van der Waals surface area contributed by atoms with Crippen LogP contribution in [0.25, 0.3) is 0 Å². The van der Waals surface area contributed by atoms with Crippen LogP contribution in [0.4, 0.5) is 29.7 Å². The van der Waals surface area contributed by atoms with Crippen LogP contribution in [0.1, 0.15) is 82.6 Å². The van der Waals surface area contributed by atoms with Crippen molar-refractivity contribution in [3.63, 3.8) is 0 Å². The molecule has 0 amide bonds. The smallest absolute Gasteiger partial charge is 0.328 e. The molecule has 4 saturated heterocycles. The van der Waals surface area contributed by atoms with Crippen LogP contribution in [-0.2, 0) is 0 Å². The summed E-state index contributed by atoms with van der Waals surface area (Å²) in [6, 6.07) is 5.94. The van der Waals surface area contributed by atoms with Crippen molar-refractivity contribution < 1.29 is 9.47 Å². The van der Waals surface area contributed by atoms with E-state index < -0.39 is 0 Å². The molecule has 4 fully saturated rings. The van der Waals surface area contributed by atoms with E-state index >= 15 is 0 Å². The molecule has 1 N–H and O–H groups in total. The first-order valence-corrected chi connectivity index (χ1v) is 17.9.